The number of thiophene rings is 1. The summed E-state index contributed by atoms with van der Waals surface area (Å²) in [5.74, 6) is -2.76. The van der Waals surface area contributed by atoms with Gasteiger partial charge in [-0.05, 0) is 30.8 Å². The van der Waals surface area contributed by atoms with Crippen LogP contribution < -0.4 is 0 Å². The number of nitrogens with zero attached hydrogens (tertiary/aromatic N) is 1. The van der Waals surface area contributed by atoms with Crippen LogP contribution in [-0.4, -0.2) is 46.5 Å². The Hall–Kier alpha value is -0.830. The molecule has 0 unspecified atom stereocenters. The van der Waals surface area contributed by atoms with Crippen molar-refractivity contribution in [1.82, 2.24) is 4.90 Å². The third kappa shape index (κ3) is 5.82. The molecule has 0 aliphatic carbocycles. The highest BCUT2D eigenvalue weighted by Crippen LogP contribution is 2.27. The van der Waals surface area contributed by atoms with Gasteiger partial charge in [-0.1, -0.05) is 11.6 Å². The fourth-order valence-electron chi connectivity index (χ4n) is 1.93. The quantitative estimate of drug-likeness (QED) is 0.884. The molecule has 9 heteroatoms. The minimum absolute atomic E-state index is 0.267. The van der Waals surface area contributed by atoms with Gasteiger partial charge in [0.1, 0.15) is 0 Å². The third-order valence-corrected chi connectivity index (χ3v) is 4.36. The molecule has 1 aromatic heterocycles. The number of likely N-dealkylation sites (tertiary alicyclic amines) is 1. The Morgan fingerprint density at radius 3 is 2.57 bits per heavy atom. The number of hydrogen-bond acceptors (Lipinski definition) is 4. The molecular formula is C12H15ClF3NO3S. The zero-order valence-corrected chi connectivity index (χ0v) is 12.5. The number of carboxylic acid groups (broad SMARTS) is 1. The zero-order chi connectivity index (χ0) is 16.0. The number of aliphatic hydroxyl groups excluding tert-OH is 1. The molecule has 120 valence electrons. The Morgan fingerprint density at radius 2 is 2.14 bits per heavy atom. The van der Waals surface area contributed by atoms with Crippen molar-refractivity contribution in [3.63, 3.8) is 0 Å². The molecule has 4 nitrogen and oxygen atoms in total. The van der Waals surface area contributed by atoms with E-state index >= 15 is 0 Å². The van der Waals surface area contributed by atoms with Gasteiger partial charge in [-0.25, -0.2) is 4.79 Å². The van der Waals surface area contributed by atoms with Crippen molar-refractivity contribution in [2.75, 3.05) is 13.2 Å². The van der Waals surface area contributed by atoms with E-state index < -0.39 is 12.1 Å². The van der Waals surface area contributed by atoms with E-state index in [-0.39, 0.29) is 6.61 Å². The lowest BCUT2D eigenvalue weighted by Gasteiger charge is -2.21. The Morgan fingerprint density at radius 1 is 1.52 bits per heavy atom. The van der Waals surface area contributed by atoms with Crippen LogP contribution in [0, 0.1) is 0 Å². The maximum Gasteiger partial charge on any atom is 0.490 e. The number of hydrogen-bond donors (Lipinski definition) is 2. The first-order valence-corrected chi connectivity index (χ1v) is 7.38. The number of carbonyl (C=O) groups is 1. The Bertz CT molecular complexity index is 467. The van der Waals surface area contributed by atoms with Gasteiger partial charge in [-0.2, -0.15) is 13.2 Å². The molecular weight excluding hydrogens is 331 g/mol. The molecule has 1 aromatic rings. The maximum absolute atomic E-state index is 10.6. The highest BCUT2D eigenvalue weighted by atomic mass is 35.5. The molecule has 0 radical (unpaired) electrons. The molecule has 21 heavy (non-hydrogen) atoms. The Kier molecular flexibility index (Phi) is 6.92. The van der Waals surface area contributed by atoms with Crippen molar-refractivity contribution in [2.45, 2.75) is 31.6 Å². The molecule has 2 heterocycles. The summed E-state index contributed by atoms with van der Waals surface area (Å²) < 4.78 is 31.7. The van der Waals surface area contributed by atoms with Crippen molar-refractivity contribution < 1.29 is 28.2 Å². The van der Waals surface area contributed by atoms with Crippen LogP contribution in [0.5, 0.6) is 0 Å². The molecule has 0 amide bonds. The fourth-order valence-corrected chi connectivity index (χ4v) is 3.05. The molecule has 1 aliphatic rings. The lowest BCUT2D eigenvalue weighted by atomic mass is 10.2. The van der Waals surface area contributed by atoms with E-state index in [1.54, 1.807) is 11.3 Å². The number of carboxylic acids is 1. The van der Waals surface area contributed by atoms with Gasteiger partial charge in [-0.15, -0.1) is 11.3 Å². The molecule has 0 bridgehead atoms. The van der Waals surface area contributed by atoms with Crippen LogP contribution in [0.4, 0.5) is 13.2 Å². The topological polar surface area (TPSA) is 60.8 Å². The predicted molar refractivity (Wildman–Crippen MR) is 73.5 cm³/mol. The lowest BCUT2D eigenvalue weighted by molar-refractivity contribution is -0.192. The van der Waals surface area contributed by atoms with Crippen LogP contribution in [0.2, 0.25) is 5.02 Å². The van der Waals surface area contributed by atoms with Gasteiger partial charge in [0.25, 0.3) is 0 Å². The smallest absolute Gasteiger partial charge is 0.475 e. The number of aliphatic hydroxyl groups is 1. The fraction of sp³-hybridized carbons (Fsp3) is 0.583. The second kappa shape index (κ2) is 7.98. The van der Waals surface area contributed by atoms with Crippen LogP contribution in [0.3, 0.4) is 0 Å². The van der Waals surface area contributed by atoms with E-state index in [0.717, 1.165) is 24.5 Å². The molecule has 1 atom stereocenters. The average Bonchev–Trinajstić information content (AvgIpc) is 2.99. The van der Waals surface area contributed by atoms with Crippen LogP contribution in [-0.2, 0) is 11.3 Å². The lowest BCUT2D eigenvalue weighted by Crippen LogP contribution is -2.31. The van der Waals surface area contributed by atoms with Gasteiger partial charge in [0, 0.05) is 17.5 Å². The summed E-state index contributed by atoms with van der Waals surface area (Å²) in [4.78, 5) is 12.4. The van der Waals surface area contributed by atoms with Gasteiger partial charge in [0.05, 0.1) is 11.6 Å². The Labute approximate surface area is 128 Å². The SMILES string of the molecule is O=C(O)C(F)(F)F.OC[C@@H]1CCCN1Cc1sccc1Cl. The second-order valence-corrected chi connectivity index (χ2v) is 5.85. The van der Waals surface area contributed by atoms with Crippen LogP contribution in [0.1, 0.15) is 17.7 Å². The summed E-state index contributed by atoms with van der Waals surface area (Å²) in [6.45, 7) is 2.24. The van der Waals surface area contributed by atoms with Crippen molar-refractivity contribution in [3.8, 4) is 0 Å². The van der Waals surface area contributed by atoms with Gasteiger partial charge in [0.15, 0.2) is 0 Å². The highest BCUT2D eigenvalue weighted by Gasteiger charge is 2.38. The van der Waals surface area contributed by atoms with Crippen molar-refractivity contribution in [3.05, 3.63) is 21.3 Å². The van der Waals surface area contributed by atoms with Gasteiger partial charge in [-0.3, -0.25) is 4.90 Å². The summed E-state index contributed by atoms with van der Waals surface area (Å²) in [6.07, 6.45) is -2.78. The molecule has 0 saturated carbocycles. The summed E-state index contributed by atoms with van der Waals surface area (Å²) in [5, 5.41) is 19.2. The van der Waals surface area contributed by atoms with E-state index in [4.69, 9.17) is 26.6 Å². The van der Waals surface area contributed by atoms with E-state index in [0.29, 0.717) is 6.04 Å². The van der Waals surface area contributed by atoms with E-state index in [9.17, 15) is 13.2 Å². The van der Waals surface area contributed by atoms with Crippen LogP contribution in [0.15, 0.2) is 11.4 Å². The van der Waals surface area contributed by atoms with Crippen LogP contribution >= 0.6 is 22.9 Å². The predicted octanol–water partition coefficient (Wildman–Crippen LogP) is 2.99. The molecule has 2 rings (SSSR count). The zero-order valence-electron chi connectivity index (χ0n) is 10.9. The van der Waals surface area contributed by atoms with Crippen molar-refractivity contribution >= 4 is 28.9 Å². The molecule has 1 aliphatic heterocycles. The van der Waals surface area contributed by atoms with Crippen molar-refractivity contribution in [2.24, 2.45) is 0 Å². The van der Waals surface area contributed by atoms with E-state index in [2.05, 4.69) is 4.90 Å². The van der Waals surface area contributed by atoms with Gasteiger partial charge < -0.3 is 10.2 Å². The second-order valence-electron chi connectivity index (χ2n) is 4.44. The summed E-state index contributed by atoms with van der Waals surface area (Å²) >= 11 is 7.72. The largest absolute Gasteiger partial charge is 0.490 e. The summed E-state index contributed by atoms with van der Waals surface area (Å²) in [6, 6.07) is 2.28. The highest BCUT2D eigenvalue weighted by molar-refractivity contribution is 7.10. The first-order chi connectivity index (χ1) is 9.75. The minimum Gasteiger partial charge on any atom is -0.475 e. The first kappa shape index (κ1) is 18.2. The standard InChI is InChI=1S/C10H14ClNOS.C2HF3O2/c11-9-3-5-14-10(9)6-12-4-1-2-8(12)7-13;3-2(4,5)1(6)7/h3,5,8,13H,1-2,4,6-7H2;(H,6,7)/t8-;/m0./s1. The molecule has 0 spiro atoms. The summed E-state index contributed by atoms with van der Waals surface area (Å²) in [7, 11) is 0. The number of alkyl halides is 3. The molecule has 1 fully saturated rings. The number of rotatable bonds is 3. The van der Waals surface area contributed by atoms with Crippen LogP contribution in [0.25, 0.3) is 0 Å². The minimum atomic E-state index is -5.08. The average molecular weight is 346 g/mol. The normalized spacial score (nSPS) is 19.2. The van der Waals surface area contributed by atoms with Gasteiger partial charge in [0.2, 0.25) is 0 Å². The first-order valence-electron chi connectivity index (χ1n) is 6.12. The number of halogens is 4. The third-order valence-electron chi connectivity index (χ3n) is 2.99. The van der Waals surface area contributed by atoms with E-state index in [1.807, 2.05) is 11.4 Å². The monoisotopic (exact) mass is 345 g/mol. The van der Waals surface area contributed by atoms with Crippen molar-refractivity contribution in [1.29, 1.82) is 0 Å². The van der Waals surface area contributed by atoms with E-state index in [1.165, 1.54) is 11.3 Å². The maximum atomic E-state index is 10.6. The Balaban J connectivity index is 0.000000270. The molecule has 0 aromatic carbocycles. The molecule has 2 N–H and O–H groups in total. The van der Waals surface area contributed by atoms with Gasteiger partial charge >= 0.3 is 12.1 Å². The summed E-state index contributed by atoms with van der Waals surface area (Å²) in [5.41, 5.74) is 0. The molecule has 1 saturated heterocycles. The number of aliphatic carboxylic acids is 1.